The van der Waals surface area contributed by atoms with Gasteiger partial charge < -0.3 is 19.5 Å². The van der Waals surface area contributed by atoms with Crippen LogP contribution in [0.2, 0.25) is 0 Å². The van der Waals surface area contributed by atoms with Gasteiger partial charge in [0.15, 0.2) is 11.5 Å². The summed E-state index contributed by atoms with van der Waals surface area (Å²) in [4.78, 5) is 0. The van der Waals surface area contributed by atoms with Gasteiger partial charge in [-0.2, -0.15) is 0 Å². The fourth-order valence-corrected chi connectivity index (χ4v) is 2.46. The Bertz CT molecular complexity index is 573. The molecule has 7 nitrogen and oxygen atoms in total. The van der Waals surface area contributed by atoms with Crippen molar-refractivity contribution in [3.05, 3.63) is 17.7 Å². The molecule has 1 aromatic rings. The predicted molar refractivity (Wildman–Crippen MR) is 73.4 cm³/mol. The number of nitrogens with two attached hydrogens (primary N) is 1. The van der Waals surface area contributed by atoms with Crippen LogP contribution in [0.4, 0.5) is 0 Å². The Hall–Kier alpha value is -1.51. The second-order valence-corrected chi connectivity index (χ2v) is 6.16. The molecule has 20 heavy (non-hydrogen) atoms. The van der Waals surface area contributed by atoms with Gasteiger partial charge in [0.05, 0.1) is 12.9 Å². The highest BCUT2D eigenvalue weighted by Crippen LogP contribution is 2.41. The number of nitrogens with one attached hydrogen (secondary N) is 1. The Morgan fingerprint density at radius 2 is 2.20 bits per heavy atom. The Kier molecular flexibility index (Phi) is 4.69. The number of sulfonamides is 1. The molecular formula is C12H18N2O5S. The summed E-state index contributed by atoms with van der Waals surface area (Å²) < 4.78 is 37.4. The zero-order valence-electron chi connectivity index (χ0n) is 11.2. The maximum Gasteiger partial charge on any atom is 0.231 e. The van der Waals surface area contributed by atoms with Crippen molar-refractivity contribution in [3.63, 3.8) is 0 Å². The van der Waals surface area contributed by atoms with Crippen molar-refractivity contribution in [2.24, 2.45) is 5.14 Å². The molecule has 0 bridgehead atoms. The molecule has 2 rings (SSSR count). The molecule has 1 aliphatic heterocycles. The molecule has 1 heterocycles. The predicted octanol–water partition coefficient (Wildman–Crippen LogP) is 0.192. The first kappa shape index (κ1) is 14.9. The summed E-state index contributed by atoms with van der Waals surface area (Å²) in [6, 6.07) is 3.73. The number of hydrogen-bond donors (Lipinski definition) is 2. The molecule has 0 unspecified atom stereocenters. The van der Waals surface area contributed by atoms with E-state index < -0.39 is 10.0 Å². The first-order valence-corrected chi connectivity index (χ1v) is 7.89. The molecule has 8 heteroatoms. The van der Waals surface area contributed by atoms with Crippen LogP contribution in [-0.4, -0.2) is 34.6 Å². The minimum absolute atomic E-state index is 0.0234. The Labute approximate surface area is 118 Å². The zero-order chi connectivity index (χ0) is 14.6. The normalized spacial score (nSPS) is 13.5. The van der Waals surface area contributed by atoms with E-state index in [1.807, 2.05) is 12.1 Å². The molecule has 0 saturated heterocycles. The molecule has 1 aromatic carbocycles. The first-order valence-electron chi connectivity index (χ1n) is 6.17. The van der Waals surface area contributed by atoms with Crippen LogP contribution in [0.1, 0.15) is 12.0 Å². The van der Waals surface area contributed by atoms with E-state index in [-0.39, 0.29) is 12.5 Å². The third-order valence-electron chi connectivity index (χ3n) is 2.83. The van der Waals surface area contributed by atoms with Crippen LogP contribution in [0.5, 0.6) is 17.2 Å². The van der Waals surface area contributed by atoms with Gasteiger partial charge in [0.2, 0.25) is 22.6 Å². The van der Waals surface area contributed by atoms with E-state index in [1.165, 1.54) is 0 Å². The summed E-state index contributed by atoms with van der Waals surface area (Å²) in [5.41, 5.74) is 0.974. The molecule has 1 aliphatic rings. The number of ether oxygens (including phenoxy) is 3. The van der Waals surface area contributed by atoms with Gasteiger partial charge in [0.25, 0.3) is 0 Å². The van der Waals surface area contributed by atoms with Crippen LogP contribution in [-0.2, 0) is 16.6 Å². The van der Waals surface area contributed by atoms with Gasteiger partial charge in [-0.25, -0.2) is 13.6 Å². The summed E-state index contributed by atoms with van der Waals surface area (Å²) in [6.45, 7) is 1.34. The number of hydrogen-bond acceptors (Lipinski definition) is 6. The number of benzene rings is 1. The largest absolute Gasteiger partial charge is 0.493 e. The molecule has 0 fully saturated rings. The third-order valence-corrected chi connectivity index (χ3v) is 3.69. The minimum Gasteiger partial charge on any atom is -0.493 e. The topological polar surface area (TPSA) is 99.9 Å². The molecule has 0 atom stereocenters. The number of rotatable bonds is 7. The molecule has 0 saturated carbocycles. The Morgan fingerprint density at radius 1 is 1.40 bits per heavy atom. The van der Waals surface area contributed by atoms with Crippen molar-refractivity contribution >= 4 is 10.0 Å². The molecule has 112 valence electrons. The fourth-order valence-electron chi connectivity index (χ4n) is 1.92. The lowest BCUT2D eigenvalue weighted by Gasteiger charge is -2.09. The standard InChI is InChI=1S/C12H18N2O5S/c1-17-10-5-9(6-11-12(10)19-8-18-11)7-14-3-2-4-20(13,15)16/h5-6,14H,2-4,7-8H2,1H3,(H2,13,15,16). The van der Waals surface area contributed by atoms with Gasteiger partial charge in [-0.15, -0.1) is 0 Å². The van der Waals surface area contributed by atoms with E-state index in [9.17, 15) is 8.42 Å². The molecule has 3 N–H and O–H groups in total. The van der Waals surface area contributed by atoms with E-state index in [0.717, 1.165) is 5.56 Å². The highest BCUT2D eigenvalue weighted by atomic mass is 32.2. The summed E-state index contributed by atoms with van der Waals surface area (Å²) >= 11 is 0. The fraction of sp³-hybridized carbons (Fsp3) is 0.500. The van der Waals surface area contributed by atoms with Crippen LogP contribution in [0.15, 0.2) is 12.1 Å². The molecule has 0 amide bonds. The summed E-state index contributed by atoms with van der Waals surface area (Å²) in [6.07, 6.45) is 0.473. The van der Waals surface area contributed by atoms with E-state index in [0.29, 0.717) is 36.8 Å². The second kappa shape index (κ2) is 6.29. The third kappa shape index (κ3) is 3.99. The smallest absolute Gasteiger partial charge is 0.231 e. The molecule has 0 radical (unpaired) electrons. The first-order chi connectivity index (χ1) is 9.49. The average molecular weight is 302 g/mol. The van der Waals surface area contributed by atoms with Gasteiger partial charge in [-0.1, -0.05) is 0 Å². The van der Waals surface area contributed by atoms with E-state index in [4.69, 9.17) is 19.3 Å². The molecule has 0 aliphatic carbocycles. The zero-order valence-corrected chi connectivity index (χ0v) is 12.0. The highest BCUT2D eigenvalue weighted by molar-refractivity contribution is 7.89. The van der Waals surface area contributed by atoms with Crippen molar-refractivity contribution in [2.45, 2.75) is 13.0 Å². The SMILES string of the molecule is COc1cc(CNCCCS(N)(=O)=O)cc2c1OCO2. The van der Waals surface area contributed by atoms with Crippen LogP contribution in [0, 0.1) is 0 Å². The van der Waals surface area contributed by atoms with Gasteiger partial charge in [0, 0.05) is 6.54 Å². The second-order valence-electron chi connectivity index (χ2n) is 4.43. The van der Waals surface area contributed by atoms with Gasteiger partial charge in [-0.3, -0.25) is 0 Å². The van der Waals surface area contributed by atoms with Crippen molar-refractivity contribution in [2.75, 3.05) is 26.2 Å². The van der Waals surface area contributed by atoms with Gasteiger partial charge in [0.1, 0.15) is 0 Å². The van der Waals surface area contributed by atoms with Crippen molar-refractivity contribution in [1.29, 1.82) is 0 Å². The van der Waals surface area contributed by atoms with E-state index in [1.54, 1.807) is 7.11 Å². The Morgan fingerprint density at radius 3 is 2.90 bits per heavy atom. The van der Waals surface area contributed by atoms with Crippen LogP contribution in [0.25, 0.3) is 0 Å². The molecular weight excluding hydrogens is 284 g/mol. The van der Waals surface area contributed by atoms with Crippen LogP contribution in [0.3, 0.4) is 0 Å². The van der Waals surface area contributed by atoms with E-state index in [2.05, 4.69) is 5.32 Å². The summed E-state index contributed by atoms with van der Waals surface area (Å²) in [5.74, 6) is 1.88. The maximum atomic E-state index is 10.8. The lowest BCUT2D eigenvalue weighted by Crippen LogP contribution is -2.22. The number of fused-ring (bicyclic) bond motifs is 1. The lowest BCUT2D eigenvalue weighted by atomic mass is 10.2. The van der Waals surface area contributed by atoms with Crippen LogP contribution >= 0.6 is 0 Å². The summed E-state index contributed by atoms with van der Waals surface area (Å²) in [5, 5.41) is 8.07. The summed E-state index contributed by atoms with van der Waals surface area (Å²) in [7, 11) is -1.81. The molecule has 0 spiro atoms. The van der Waals surface area contributed by atoms with Gasteiger partial charge >= 0.3 is 0 Å². The minimum atomic E-state index is -3.38. The maximum absolute atomic E-state index is 10.8. The number of primary sulfonamides is 1. The Balaban J connectivity index is 1.87. The van der Waals surface area contributed by atoms with Gasteiger partial charge in [-0.05, 0) is 30.7 Å². The monoisotopic (exact) mass is 302 g/mol. The number of methoxy groups -OCH3 is 1. The van der Waals surface area contributed by atoms with Crippen LogP contribution < -0.4 is 24.7 Å². The average Bonchev–Trinajstić information content (AvgIpc) is 2.84. The molecule has 0 aromatic heterocycles. The highest BCUT2D eigenvalue weighted by Gasteiger charge is 2.19. The van der Waals surface area contributed by atoms with E-state index >= 15 is 0 Å². The lowest BCUT2D eigenvalue weighted by molar-refractivity contribution is 0.171. The van der Waals surface area contributed by atoms with Crippen molar-refractivity contribution < 1.29 is 22.6 Å². The van der Waals surface area contributed by atoms with Crippen molar-refractivity contribution in [3.8, 4) is 17.2 Å². The van der Waals surface area contributed by atoms with Crippen molar-refractivity contribution in [1.82, 2.24) is 5.32 Å². The quantitative estimate of drug-likeness (QED) is 0.698.